The van der Waals surface area contributed by atoms with Gasteiger partial charge < -0.3 is 10.1 Å². The summed E-state index contributed by atoms with van der Waals surface area (Å²) in [7, 11) is 0. The Morgan fingerprint density at radius 3 is 2.44 bits per heavy atom. The first-order valence-corrected chi connectivity index (χ1v) is 12.7. The van der Waals surface area contributed by atoms with E-state index in [2.05, 4.69) is 31.8 Å². The van der Waals surface area contributed by atoms with E-state index in [1.807, 2.05) is 61.5 Å². The van der Waals surface area contributed by atoms with Crippen LogP contribution in [-0.4, -0.2) is 30.4 Å². The highest BCUT2D eigenvalue weighted by Crippen LogP contribution is 2.21. The van der Waals surface area contributed by atoms with Crippen LogP contribution in [-0.2, 0) is 15.3 Å². The molecule has 0 aromatic heterocycles. The lowest BCUT2D eigenvalue weighted by Crippen LogP contribution is -2.31. The van der Waals surface area contributed by atoms with E-state index in [0.29, 0.717) is 11.5 Å². The van der Waals surface area contributed by atoms with Crippen LogP contribution in [0.15, 0.2) is 88.4 Å². The van der Waals surface area contributed by atoms with Gasteiger partial charge in [0.1, 0.15) is 5.75 Å². The Bertz CT molecular complexity index is 1110. The van der Waals surface area contributed by atoms with E-state index >= 15 is 0 Å². The van der Waals surface area contributed by atoms with Gasteiger partial charge in [0.05, 0.1) is 18.0 Å². The lowest BCUT2D eigenvalue weighted by Gasteiger charge is -2.14. The van der Waals surface area contributed by atoms with E-state index in [0.717, 1.165) is 26.9 Å². The molecular formula is C26H26BrN3O3S. The normalized spacial score (nSPS) is 11.7. The molecule has 0 saturated carbocycles. The number of benzene rings is 3. The Morgan fingerprint density at radius 2 is 1.71 bits per heavy atom. The Balaban J connectivity index is 1.35. The topological polar surface area (TPSA) is 79.8 Å². The lowest BCUT2D eigenvalue weighted by atomic mass is 10.1. The monoisotopic (exact) mass is 539 g/mol. The first-order valence-electron chi connectivity index (χ1n) is 10.7. The predicted molar refractivity (Wildman–Crippen MR) is 141 cm³/mol. The third kappa shape index (κ3) is 8.68. The van der Waals surface area contributed by atoms with Crippen LogP contribution in [0.3, 0.4) is 0 Å². The number of carbonyl (C=O) groups excluding carboxylic acids is 2. The number of nitrogens with zero attached hydrogens (tertiary/aromatic N) is 1. The summed E-state index contributed by atoms with van der Waals surface area (Å²) in [5.41, 5.74) is 5.52. The van der Waals surface area contributed by atoms with Crippen molar-refractivity contribution >= 4 is 45.7 Å². The second kappa shape index (κ2) is 13.6. The van der Waals surface area contributed by atoms with Gasteiger partial charge in [-0.25, -0.2) is 5.43 Å². The molecule has 0 spiro atoms. The Kier molecular flexibility index (Phi) is 10.2. The molecule has 6 nitrogen and oxygen atoms in total. The summed E-state index contributed by atoms with van der Waals surface area (Å²) in [6.07, 6.45) is 1.56. The van der Waals surface area contributed by atoms with Crippen LogP contribution in [0.2, 0.25) is 0 Å². The zero-order valence-corrected chi connectivity index (χ0v) is 21.1. The largest absolute Gasteiger partial charge is 0.484 e. The number of ether oxygens (including phenoxy) is 1. The van der Waals surface area contributed by atoms with Gasteiger partial charge in [-0.3, -0.25) is 9.59 Å². The highest BCUT2D eigenvalue weighted by molar-refractivity contribution is 9.10. The van der Waals surface area contributed by atoms with E-state index in [-0.39, 0.29) is 24.5 Å². The van der Waals surface area contributed by atoms with Gasteiger partial charge in [-0.15, -0.1) is 11.8 Å². The van der Waals surface area contributed by atoms with Gasteiger partial charge >= 0.3 is 0 Å². The molecule has 0 aliphatic rings. The molecule has 0 heterocycles. The summed E-state index contributed by atoms with van der Waals surface area (Å²) < 4.78 is 6.60. The average molecular weight is 540 g/mol. The van der Waals surface area contributed by atoms with Crippen molar-refractivity contribution in [3.8, 4) is 5.75 Å². The molecule has 3 aromatic carbocycles. The van der Waals surface area contributed by atoms with Crippen LogP contribution in [0.25, 0.3) is 0 Å². The molecule has 3 aromatic rings. The van der Waals surface area contributed by atoms with Crippen LogP contribution in [0, 0.1) is 0 Å². The highest BCUT2D eigenvalue weighted by Gasteiger charge is 2.09. The minimum absolute atomic E-state index is 0.0715. The molecule has 2 amide bonds. The maximum atomic E-state index is 12.1. The van der Waals surface area contributed by atoms with E-state index in [1.165, 1.54) is 11.8 Å². The van der Waals surface area contributed by atoms with Crippen molar-refractivity contribution in [1.82, 2.24) is 10.7 Å². The molecule has 0 fully saturated rings. The molecular weight excluding hydrogens is 514 g/mol. The molecule has 34 heavy (non-hydrogen) atoms. The summed E-state index contributed by atoms with van der Waals surface area (Å²) in [6.45, 7) is 1.86. The van der Waals surface area contributed by atoms with Gasteiger partial charge in [-0.2, -0.15) is 5.10 Å². The molecule has 0 radical (unpaired) electrons. The summed E-state index contributed by atoms with van der Waals surface area (Å²) in [4.78, 5) is 24.1. The number of rotatable bonds is 11. The second-order valence-electron chi connectivity index (χ2n) is 7.43. The average Bonchev–Trinajstić information content (AvgIpc) is 2.85. The fourth-order valence-corrected chi connectivity index (χ4v) is 4.42. The van der Waals surface area contributed by atoms with Crippen LogP contribution < -0.4 is 15.5 Å². The van der Waals surface area contributed by atoms with Gasteiger partial charge in [0.15, 0.2) is 6.61 Å². The smallest absolute Gasteiger partial charge is 0.258 e. The number of hydrazone groups is 1. The number of carbonyl (C=O) groups is 2. The van der Waals surface area contributed by atoms with Crippen molar-refractivity contribution in [1.29, 1.82) is 0 Å². The van der Waals surface area contributed by atoms with E-state index in [4.69, 9.17) is 4.74 Å². The molecule has 0 aliphatic carbocycles. The molecule has 0 saturated heterocycles. The second-order valence-corrected chi connectivity index (χ2v) is 9.27. The van der Waals surface area contributed by atoms with E-state index in [9.17, 15) is 9.59 Å². The van der Waals surface area contributed by atoms with E-state index in [1.54, 1.807) is 30.5 Å². The summed E-state index contributed by atoms with van der Waals surface area (Å²) in [5.74, 6) is 1.28. The molecule has 0 aliphatic heterocycles. The van der Waals surface area contributed by atoms with Gasteiger partial charge in [-0.05, 0) is 53.9 Å². The predicted octanol–water partition coefficient (Wildman–Crippen LogP) is 5.09. The molecule has 2 N–H and O–H groups in total. The van der Waals surface area contributed by atoms with Gasteiger partial charge in [0, 0.05) is 10.2 Å². The lowest BCUT2D eigenvalue weighted by molar-refractivity contribution is -0.123. The van der Waals surface area contributed by atoms with Crippen molar-refractivity contribution in [3.05, 3.63) is 100 Å². The molecule has 8 heteroatoms. The van der Waals surface area contributed by atoms with Gasteiger partial charge in [0.2, 0.25) is 5.91 Å². The third-order valence-corrected chi connectivity index (χ3v) is 6.53. The zero-order chi connectivity index (χ0) is 24.2. The maximum absolute atomic E-state index is 12.1. The molecule has 1 unspecified atom stereocenters. The zero-order valence-electron chi connectivity index (χ0n) is 18.7. The number of hydrogen-bond acceptors (Lipinski definition) is 5. The Morgan fingerprint density at radius 1 is 1.00 bits per heavy atom. The number of hydrogen-bond donors (Lipinski definition) is 2. The van der Waals surface area contributed by atoms with Crippen molar-refractivity contribution in [2.45, 2.75) is 18.7 Å². The number of amides is 2. The molecule has 176 valence electrons. The number of nitrogens with one attached hydrogen (secondary N) is 2. The van der Waals surface area contributed by atoms with Crippen molar-refractivity contribution in [3.63, 3.8) is 0 Å². The van der Waals surface area contributed by atoms with Crippen molar-refractivity contribution in [2.75, 3.05) is 12.4 Å². The molecule has 3 rings (SSSR count). The summed E-state index contributed by atoms with van der Waals surface area (Å²) in [6, 6.07) is 24.7. The van der Waals surface area contributed by atoms with Crippen LogP contribution in [0.1, 0.15) is 29.7 Å². The molecule has 1 atom stereocenters. The summed E-state index contributed by atoms with van der Waals surface area (Å²) >= 11 is 5.03. The maximum Gasteiger partial charge on any atom is 0.258 e. The summed E-state index contributed by atoms with van der Waals surface area (Å²) in [5, 5.41) is 6.91. The fraction of sp³-hybridized carbons (Fsp3) is 0.192. The first-order chi connectivity index (χ1) is 16.5. The Hall–Kier alpha value is -3.10. The number of thioether (sulfide) groups is 1. The standard InChI is InChI=1S/C26H26BrN3O3S/c1-19(21-7-3-2-4-8-21)29-25(31)16-33-23-13-11-20(12-14-23)15-28-30-26(32)18-34-17-22-9-5-6-10-24(22)27/h2-15,19H,16-18H2,1H3,(H,29,31)(H,30,32)/b28-15+. The minimum atomic E-state index is -0.192. The van der Waals surface area contributed by atoms with Crippen LogP contribution in [0.5, 0.6) is 5.75 Å². The SMILES string of the molecule is CC(NC(=O)COc1ccc(/C=N/NC(=O)CSCc2ccccc2Br)cc1)c1ccccc1. The van der Waals surface area contributed by atoms with Gasteiger partial charge in [-0.1, -0.05) is 64.5 Å². The number of halogens is 1. The fourth-order valence-electron chi connectivity index (χ4n) is 2.99. The molecule has 0 bridgehead atoms. The third-order valence-electron chi connectivity index (χ3n) is 4.78. The minimum Gasteiger partial charge on any atom is -0.484 e. The van der Waals surface area contributed by atoms with Crippen LogP contribution >= 0.6 is 27.7 Å². The van der Waals surface area contributed by atoms with Gasteiger partial charge in [0.25, 0.3) is 5.91 Å². The highest BCUT2D eigenvalue weighted by atomic mass is 79.9. The van der Waals surface area contributed by atoms with Crippen molar-refractivity contribution < 1.29 is 14.3 Å². The first kappa shape index (κ1) is 25.5. The quantitative estimate of drug-likeness (QED) is 0.262. The van der Waals surface area contributed by atoms with Crippen molar-refractivity contribution in [2.24, 2.45) is 5.10 Å². The van der Waals surface area contributed by atoms with E-state index < -0.39 is 0 Å². The Labute approximate surface area is 212 Å². The van der Waals surface area contributed by atoms with Crippen LogP contribution in [0.4, 0.5) is 0 Å².